The molecule has 2 aromatic carbocycles. The molecule has 2 rings (SSSR count). The van der Waals surface area contributed by atoms with Crippen molar-refractivity contribution < 1.29 is 18.7 Å². The van der Waals surface area contributed by atoms with Gasteiger partial charge in [0, 0.05) is 6.07 Å². The Morgan fingerprint density at radius 3 is 2.40 bits per heavy atom. The van der Waals surface area contributed by atoms with E-state index in [1.54, 1.807) is 13.0 Å². The van der Waals surface area contributed by atoms with E-state index >= 15 is 0 Å². The third-order valence-electron chi connectivity index (χ3n) is 2.92. The summed E-state index contributed by atoms with van der Waals surface area (Å²) in [6.45, 7) is 3.21. The monoisotopic (exact) mass is 277 g/mol. The zero-order chi connectivity index (χ0) is 14.9. The van der Waals surface area contributed by atoms with Gasteiger partial charge in [0.25, 0.3) is 0 Å². The van der Waals surface area contributed by atoms with Crippen LogP contribution in [0, 0.1) is 25.5 Å². The smallest absolute Gasteiger partial charge is 0.337 e. The molecule has 0 bridgehead atoms. The number of carboxylic acids is 1. The first-order valence-electron chi connectivity index (χ1n) is 5.95. The maximum atomic E-state index is 13.8. The first-order chi connectivity index (χ1) is 9.38. The van der Waals surface area contributed by atoms with Crippen molar-refractivity contribution in [2.45, 2.75) is 13.8 Å². The molecule has 2 aromatic rings. The van der Waals surface area contributed by atoms with Crippen LogP contribution in [0.2, 0.25) is 0 Å². The second-order valence-corrected chi connectivity index (χ2v) is 4.56. The summed E-state index contributed by atoms with van der Waals surface area (Å²) in [7, 11) is 0. The van der Waals surface area contributed by atoms with Gasteiger partial charge in [0.15, 0.2) is 0 Å². The molecule has 2 N–H and O–H groups in total. The van der Waals surface area contributed by atoms with Crippen molar-refractivity contribution in [2.24, 2.45) is 0 Å². The predicted molar refractivity (Wildman–Crippen MR) is 72.5 cm³/mol. The Kier molecular flexibility index (Phi) is 3.70. The van der Waals surface area contributed by atoms with E-state index in [9.17, 15) is 13.6 Å². The molecule has 0 atom stereocenters. The molecule has 3 nitrogen and oxygen atoms in total. The number of carboxylic acid groups (broad SMARTS) is 1. The Morgan fingerprint density at radius 2 is 1.75 bits per heavy atom. The van der Waals surface area contributed by atoms with E-state index in [-0.39, 0.29) is 22.5 Å². The summed E-state index contributed by atoms with van der Waals surface area (Å²) in [4.78, 5) is 11.2. The zero-order valence-corrected chi connectivity index (χ0v) is 11.0. The normalized spacial score (nSPS) is 10.4. The number of hydrogen-bond donors (Lipinski definition) is 2. The van der Waals surface area contributed by atoms with Crippen LogP contribution < -0.4 is 5.32 Å². The van der Waals surface area contributed by atoms with Gasteiger partial charge in [-0.15, -0.1) is 0 Å². The lowest BCUT2D eigenvalue weighted by atomic mass is 10.1. The third kappa shape index (κ3) is 2.77. The number of nitrogens with one attached hydrogen (secondary N) is 1. The maximum Gasteiger partial charge on any atom is 0.337 e. The average Bonchev–Trinajstić information content (AvgIpc) is 2.37. The van der Waals surface area contributed by atoms with Crippen molar-refractivity contribution in [1.29, 1.82) is 0 Å². The van der Waals surface area contributed by atoms with Crippen molar-refractivity contribution in [3.8, 4) is 0 Å². The highest BCUT2D eigenvalue weighted by Gasteiger charge is 2.13. The first kappa shape index (κ1) is 14.0. The summed E-state index contributed by atoms with van der Waals surface area (Å²) in [5.41, 5.74) is 1.08. The number of aryl methyl sites for hydroxylation is 2. The highest BCUT2D eigenvalue weighted by atomic mass is 19.1. The van der Waals surface area contributed by atoms with Gasteiger partial charge in [-0.05, 0) is 37.6 Å². The highest BCUT2D eigenvalue weighted by Crippen LogP contribution is 2.26. The summed E-state index contributed by atoms with van der Waals surface area (Å²) in [5, 5.41) is 11.7. The van der Waals surface area contributed by atoms with Crippen LogP contribution in [0.3, 0.4) is 0 Å². The quantitative estimate of drug-likeness (QED) is 0.890. The van der Waals surface area contributed by atoms with Gasteiger partial charge in [-0.1, -0.05) is 11.6 Å². The molecular formula is C15H13F2NO2. The largest absolute Gasteiger partial charge is 0.478 e. The number of hydrogen-bond acceptors (Lipinski definition) is 2. The number of benzene rings is 2. The SMILES string of the molecule is Cc1ccc(Nc2cc(F)c(C)cc2F)c(C(=O)O)c1. The third-order valence-corrected chi connectivity index (χ3v) is 2.92. The van der Waals surface area contributed by atoms with E-state index in [1.807, 2.05) is 0 Å². The summed E-state index contributed by atoms with van der Waals surface area (Å²) in [5.74, 6) is -2.33. The molecule has 104 valence electrons. The standard InChI is InChI=1S/C15H13F2NO2/c1-8-3-4-13(10(5-8)15(19)20)18-14-7-11(16)9(2)6-12(14)17/h3-7,18H,1-2H3,(H,19,20). The molecule has 0 heterocycles. The number of aromatic carboxylic acids is 1. The molecule has 0 aromatic heterocycles. The fourth-order valence-corrected chi connectivity index (χ4v) is 1.83. The molecule has 5 heteroatoms. The molecule has 0 saturated carbocycles. The number of anilines is 2. The molecule has 0 unspecified atom stereocenters. The molecule has 0 aliphatic rings. The summed E-state index contributed by atoms with van der Waals surface area (Å²) < 4.78 is 27.2. The Hall–Kier alpha value is -2.43. The maximum absolute atomic E-state index is 13.8. The van der Waals surface area contributed by atoms with Crippen molar-refractivity contribution >= 4 is 17.3 Å². The van der Waals surface area contributed by atoms with Gasteiger partial charge in [-0.25, -0.2) is 13.6 Å². The fraction of sp³-hybridized carbons (Fsp3) is 0.133. The van der Waals surface area contributed by atoms with Crippen LogP contribution in [-0.2, 0) is 0 Å². The Morgan fingerprint density at radius 1 is 1.05 bits per heavy atom. The minimum Gasteiger partial charge on any atom is -0.478 e. The molecule has 0 radical (unpaired) electrons. The van der Waals surface area contributed by atoms with E-state index in [0.717, 1.165) is 17.7 Å². The van der Waals surface area contributed by atoms with Gasteiger partial charge >= 0.3 is 5.97 Å². The lowest BCUT2D eigenvalue weighted by Crippen LogP contribution is -2.04. The van der Waals surface area contributed by atoms with E-state index in [1.165, 1.54) is 19.1 Å². The minimum absolute atomic E-state index is 0.00498. The molecule has 0 aliphatic carbocycles. The van der Waals surface area contributed by atoms with Crippen LogP contribution in [0.5, 0.6) is 0 Å². The molecule has 20 heavy (non-hydrogen) atoms. The second-order valence-electron chi connectivity index (χ2n) is 4.56. The molecule has 0 saturated heterocycles. The predicted octanol–water partition coefficient (Wildman–Crippen LogP) is 4.02. The minimum atomic E-state index is -1.14. The van der Waals surface area contributed by atoms with Crippen LogP contribution in [0.4, 0.5) is 20.2 Å². The summed E-state index contributed by atoms with van der Waals surface area (Å²) >= 11 is 0. The molecule has 0 spiro atoms. The molecule has 0 fully saturated rings. The first-order valence-corrected chi connectivity index (χ1v) is 5.95. The summed E-state index contributed by atoms with van der Waals surface area (Å²) in [6.07, 6.45) is 0. The van der Waals surface area contributed by atoms with Crippen LogP contribution >= 0.6 is 0 Å². The Bertz CT molecular complexity index is 684. The van der Waals surface area contributed by atoms with Gasteiger partial charge < -0.3 is 10.4 Å². The number of carbonyl (C=O) groups is 1. The second kappa shape index (κ2) is 5.28. The Labute approximate surface area is 114 Å². The van der Waals surface area contributed by atoms with E-state index < -0.39 is 17.6 Å². The van der Waals surface area contributed by atoms with E-state index in [4.69, 9.17) is 5.11 Å². The van der Waals surface area contributed by atoms with Crippen molar-refractivity contribution in [3.05, 3.63) is 58.7 Å². The molecule has 0 amide bonds. The lowest BCUT2D eigenvalue weighted by molar-refractivity contribution is 0.0698. The molecular weight excluding hydrogens is 264 g/mol. The van der Waals surface area contributed by atoms with Gasteiger partial charge in [-0.2, -0.15) is 0 Å². The fourth-order valence-electron chi connectivity index (χ4n) is 1.83. The average molecular weight is 277 g/mol. The van der Waals surface area contributed by atoms with Crippen molar-refractivity contribution in [1.82, 2.24) is 0 Å². The van der Waals surface area contributed by atoms with Gasteiger partial charge in [0.05, 0.1) is 16.9 Å². The number of halogens is 2. The van der Waals surface area contributed by atoms with Crippen molar-refractivity contribution in [2.75, 3.05) is 5.32 Å². The highest BCUT2D eigenvalue weighted by molar-refractivity contribution is 5.95. The number of rotatable bonds is 3. The molecule has 0 aliphatic heterocycles. The van der Waals surface area contributed by atoms with Crippen LogP contribution in [0.25, 0.3) is 0 Å². The van der Waals surface area contributed by atoms with Gasteiger partial charge in [0.1, 0.15) is 11.6 Å². The van der Waals surface area contributed by atoms with Crippen molar-refractivity contribution in [3.63, 3.8) is 0 Å². The van der Waals surface area contributed by atoms with Gasteiger partial charge in [-0.3, -0.25) is 0 Å². The van der Waals surface area contributed by atoms with Crippen LogP contribution in [0.15, 0.2) is 30.3 Å². The topological polar surface area (TPSA) is 49.3 Å². The van der Waals surface area contributed by atoms with Crippen LogP contribution in [-0.4, -0.2) is 11.1 Å². The van der Waals surface area contributed by atoms with E-state index in [2.05, 4.69) is 5.32 Å². The van der Waals surface area contributed by atoms with Gasteiger partial charge in [0.2, 0.25) is 0 Å². The van der Waals surface area contributed by atoms with Crippen LogP contribution in [0.1, 0.15) is 21.5 Å². The lowest BCUT2D eigenvalue weighted by Gasteiger charge is -2.12. The summed E-state index contributed by atoms with van der Waals surface area (Å²) in [6, 6.07) is 6.75. The zero-order valence-electron chi connectivity index (χ0n) is 11.0. The van der Waals surface area contributed by atoms with E-state index in [0.29, 0.717) is 0 Å². The Balaban J connectivity index is 2.45.